The van der Waals surface area contributed by atoms with Gasteiger partial charge >= 0.3 is 0 Å². The van der Waals surface area contributed by atoms with E-state index in [2.05, 4.69) is 10.00 Å². The van der Waals surface area contributed by atoms with Crippen molar-refractivity contribution in [3.8, 4) is 0 Å². The van der Waals surface area contributed by atoms with Crippen LogP contribution in [0, 0.1) is 6.92 Å². The van der Waals surface area contributed by atoms with Gasteiger partial charge in [-0.3, -0.25) is 4.68 Å². The van der Waals surface area contributed by atoms with Crippen LogP contribution in [0.1, 0.15) is 17.8 Å². The van der Waals surface area contributed by atoms with E-state index in [1.807, 2.05) is 38.8 Å². The van der Waals surface area contributed by atoms with Crippen LogP contribution in [0.25, 0.3) is 0 Å². The minimum atomic E-state index is -0.276. The molecular formula is C11H21N3O. The zero-order chi connectivity index (χ0) is 11.4. The maximum absolute atomic E-state index is 9.82. The topological polar surface area (TPSA) is 41.3 Å². The zero-order valence-corrected chi connectivity index (χ0v) is 10.1. The van der Waals surface area contributed by atoms with E-state index in [9.17, 15) is 5.11 Å². The summed E-state index contributed by atoms with van der Waals surface area (Å²) in [5.41, 5.74) is 2.10. The van der Waals surface area contributed by atoms with Gasteiger partial charge in [0.1, 0.15) is 0 Å². The van der Waals surface area contributed by atoms with E-state index in [-0.39, 0.29) is 6.10 Å². The highest BCUT2D eigenvalue weighted by atomic mass is 16.3. The number of aliphatic hydroxyl groups is 1. The monoisotopic (exact) mass is 211 g/mol. The third kappa shape index (κ3) is 4.01. The molecule has 0 saturated carbocycles. The lowest BCUT2D eigenvalue weighted by Gasteiger charge is -2.14. The molecule has 0 amide bonds. The number of nitrogens with zero attached hydrogens (tertiary/aromatic N) is 3. The Morgan fingerprint density at radius 2 is 2.20 bits per heavy atom. The normalized spacial score (nSPS) is 13.5. The van der Waals surface area contributed by atoms with E-state index in [0.717, 1.165) is 24.4 Å². The number of rotatable bonds is 5. The first-order chi connectivity index (χ1) is 6.99. The zero-order valence-electron chi connectivity index (χ0n) is 10.1. The maximum atomic E-state index is 9.82. The van der Waals surface area contributed by atoms with Crippen LogP contribution in [0.4, 0.5) is 0 Å². The lowest BCUT2D eigenvalue weighted by molar-refractivity contribution is 0.150. The first kappa shape index (κ1) is 12.2. The summed E-state index contributed by atoms with van der Waals surface area (Å²) < 4.78 is 1.84. The molecule has 1 unspecified atom stereocenters. The first-order valence-corrected chi connectivity index (χ1v) is 5.31. The molecule has 0 aliphatic rings. The van der Waals surface area contributed by atoms with Crippen molar-refractivity contribution >= 4 is 0 Å². The number of aryl methyl sites for hydroxylation is 2. The molecule has 0 radical (unpaired) electrons. The molecule has 4 nitrogen and oxygen atoms in total. The van der Waals surface area contributed by atoms with Crippen LogP contribution in [0.5, 0.6) is 0 Å². The predicted molar refractivity (Wildman–Crippen MR) is 60.8 cm³/mol. The highest BCUT2D eigenvalue weighted by Crippen LogP contribution is 2.07. The van der Waals surface area contributed by atoms with E-state index < -0.39 is 0 Å². The van der Waals surface area contributed by atoms with Crippen molar-refractivity contribution in [3.63, 3.8) is 0 Å². The van der Waals surface area contributed by atoms with Crippen LogP contribution in [0.3, 0.4) is 0 Å². The second kappa shape index (κ2) is 5.28. The summed E-state index contributed by atoms with van der Waals surface area (Å²) in [6, 6.07) is 2.03. The van der Waals surface area contributed by atoms with Gasteiger partial charge in [-0.05, 0) is 40.1 Å². The van der Waals surface area contributed by atoms with E-state index in [1.54, 1.807) is 0 Å². The van der Waals surface area contributed by atoms with Gasteiger partial charge in [0.15, 0.2) is 0 Å². The maximum Gasteiger partial charge on any atom is 0.0607 e. The largest absolute Gasteiger partial charge is 0.393 e. The Morgan fingerprint density at radius 1 is 1.53 bits per heavy atom. The van der Waals surface area contributed by atoms with Gasteiger partial charge < -0.3 is 10.0 Å². The van der Waals surface area contributed by atoms with Crippen LogP contribution in [-0.4, -0.2) is 46.5 Å². The molecule has 0 saturated heterocycles. The van der Waals surface area contributed by atoms with Crippen molar-refractivity contribution in [2.45, 2.75) is 25.9 Å². The lowest BCUT2D eigenvalue weighted by atomic mass is 10.1. The average molecular weight is 211 g/mol. The van der Waals surface area contributed by atoms with E-state index in [4.69, 9.17) is 0 Å². The molecule has 86 valence electrons. The third-order valence-corrected chi connectivity index (χ3v) is 2.45. The van der Waals surface area contributed by atoms with E-state index in [0.29, 0.717) is 6.42 Å². The number of aromatic nitrogens is 2. The molecule has 1 atom stereocenters. The van der Waals surface area contributed by atoms with E-state index >= 15 is 0 Å². The summed E-state index contributed by atoms with van der Waals surface area (Å²) in [6.45, 7) is 2.88. The predicted octanol–water partition coefficient (Wildman–Crippen LogP) is 0.584. The van der Waals surface area contributed by atoms with Gasteiger partial charge in [-0.1, -0.05) is 0 Å². The molecule has 4 heteroatoms. The fraction of sp³-hybridized carbons (Fsp3) is 0.727. The Balaban J connectivity index is 2.44. The quantitative estimate of drug-likeness (QED) is 0.775. The van der Waals surface area contributed by atoms with Crippen LogP contribution in [0.2, 0.25) is 0 Å². The Bertz CT molecular complexity index is 307. The number of hydrogen-bond donors (Lipinski definition) is 1. The molecule has 0 spiro atoms. The fourth-order valence-electron chi connectivity index (χ4n) is 1.61. The molecule has 1 aromatic heterocycles. The second-order valence-electron chi connectivity index (χ2n) is 4.35. The van der Waals surface area contributed by atoms with Gasteiger partial charge in [-0.25, -0.2) is 0 Å². The second-order valence-corrected chi connectivity index (χ2v) is 4.35. The third-order valence-electron chi connectivity index (χ3n) is 2.45. The SMILES string of the molecule is Cc1cc(CC(O)CCN(C)C)n(C)n1. The van der Waals surface area contributed by atoms with Crippen molar-refractivity contribution in [2.75, 3.05) is 20.6 Å². The van der Waals surface area contributed by atoms with Crippen molar-refractivity contribution in [1.82, 2.24) is 14.7 Å². The van der Waals surface area contributed by atoms with Gasteiger partial charge in [0, 0.05) is 19.2 Å². The number of hydrogen-bond acceptors (Lipinski definition) is 3. The molecule has 1 heterocycles. The van der Waals surface area contributed by atoms with E-state index in [1.165, 1.54) is 0 Å². The summed E-state index contributed by atoms with van der Waals surface area (Å²) >= 11 is 0. The van der Waals surface area contributed by atoms with Crippen LogP contribution in [-0.2, 0) is 13.5 Å². The number of aliphatic hydroxyl groups excluding tert-OH is 1. The molecule has 1 rings (SSSR count). The first-order valence-electron chi connectivity index (χ1n) is 5.31. The highest BCUT2D eigenvalue weighted by molar-refractivity contribution is 5.09. The average Bonchev–Trinajstić information content (AvgIpc) is 2.42. The highest BCUT2D eigenvalue weighted by Gasteiger charge is 2.09. The smallest absolute Gasteiger partial charge is 0.0607 e. The van der Waals surface area contributed by atoms with Crippen molar-refractivity contribution in [2.24, 2.45) is 7.05 Å². The van der Waals surface area contributed by atoms with Gasteiger partial charge in [-0.15, -0.1) is 0 Å². The summed E-state index contributed by atoms with van der Waals surface area (Å²) in [4.78, 5) is 2.08. The molecule has 1 N–H and O–H groups in total. The van der Waals surface area contributed by atoms with Gasteiger partial charge in [0.25, 0.3) is 0 Å². The van der Waals surface area contributed by atoms with Crippen LogP contribution < -0.4 is 0 Å². The summed E-state index contributed by atoms with van der Waals surface area (Å²) in [6.07, 6.45) is 1.21. The summed E-state index contributed by atoms with van der Waals surface area (Å²) in [5.74, 6) is 0. The van der Waals surface area contributed by atoms with Crippen molar-refractivity contribution in [1.29, 1.82) is 0 Å². The van der Waals surface area contributed by atoms with Crippen LogP contribution >= 0.6 is 0 Å². The summed E-state index contributed by atoms with van der Waals surface area (Å²) in [7, 11) is 5.95. The van der Waals surface area contributed by atoms with Gasteiger partial charge in [0.2, 0.25) is 0 Å². The Kier molecular flexibility index (Phi) is 4.29. The van der Waals surface area contributed by atoms with Crippen molar-refractivity contribution < 1.29 is 5.11 Å². The molecule has 0 aliphatic heterocycles. The summed E-state index contributed by atoms with van der Waals surface area (Å²) in [5, 5.41) is 14.1. The Labute approximate surface area is 91.5 Å². The lowest BCUT2D eigenvalue weighted by Crippen LogP contribution is -2.21. The minimum Gasteiger partial charge on any atom is -0.393 e. The Hall–Kier alpha value is -0.870. The fourth-order valence-corrected chi connectivity index (χ4v) is 1.61. The van der Waals surface area contributed by atoms with Crippen molar-refractivity contribution in [3.05, 3.63) is 17.5 Å². The van der Waals surface area contributed by atoms with Gasteiger partial charge in [-0.2, -0.15) is 5.10 Å². The molecule has 0 bridgehead atoms. The van der Waals surface area contributed by atoms with Gasteiger partial charge in [0.05, 0.1) is 11.8 Å². The Morgan fingerprint density at radius 3 is 2.67 bits per heavy atom. The molecule has 15 heavy (non-hydrogen) atoms. The minimum absolute atomic E-state index is 0.276. The standard InChI is InChI=1S/C11H21N3O/c1-9-7-10(14(4)12-9)8-11(15)5-6-13(2)3/h7,11,15H,5-6,8H2,1-4H3. The molecular weight excluding hydrogens is 190 g/mol. The molecule has 0 aliphatic carbocycles. The molecule has 0 aromatic carbocycles. The molecule has 0 fully saturated rings. The molecule has 1 aromatic rings. The van der Waals surface area contributed by atoms with Crippen LogP contribution in [0.15, 0.2) is 6.07 Å².